The van der Waals surface area contributed by atoms with Gasteiger partial charge in [0.2, 0.25) is 9.63 Å². The summed E-state index contributed by atoms with van der Waals surface area (Å²) in [5, 5.41) is 0. The molecule has 1 saturated heterocycles. The topological polar surface area (TPSA) is 56.2 Å². The van der Waals surface area contributed by atoms with Crippen molar-refractivity contribution in [3.8, 4) is 0 Å². The van der Waals surface area contributed by atoms with Crippen LogP contribution < -0.4 is 4.90 Å². The minimum absolute atomic E-state index is 0.133. The number of hydrogen-bond acceptors (Lipinski definition) is 4. The standard InChI is InChI=1S/C18H18Cl3FN4O2/c1-4-10-25(11-5-2)16(18(19,20)21)23-14-15(27)24(3)17(28)26(14)13-9-7-6-8-12(13)22/h4-9,16H,1-2,10-11H2,3H3. The van der Waals surface area contributed by atoms with E-state index in [0.717, 1.165) is 15.9 Å². The van der Waals surface area contributed by atoms with E-state index in [9.17, 15) is 14.0 Å². The van der Waals surface area contributed by atoms with Crippen molar-refractivity contribution >= 4 is 58.3 Å². The molecule has 28 heavy (non-hydrogen) atoms. The lowest BCUT2D eigenvalue weighted by atomic mass is 10.3. The largest absolute Gasteiger partial charge is 0.337 e. The van der Waals surface area contributed by atoms with E-state index in [1.54, 1.807) is 17.1 Å². The highest BCUT2D eigenvalue weighted by Gasteiger charge is 2.45. The Balaban J connectivity index is 2.62. The summed E-state index contributed by atoms with van der Waals surface area (Å²) in [4.78, 5) is 32.7. The first-order chi connectivity index (χ1) is 13.1. The summed E-state index contributed by atoms with van der Waals surface area (Å²) in [6.45, 7) is 7.82. The molecule has 1 aliphatic rings. The summed E-state index contributed by atoms with van der Waals surface area (Å²) >= 11 is 18.3. The lowest BCUT2D eigenvalue weighted by Gasteiger charge is -2.32. The zero-order chi connectivity index (χ0) is 21.1. The Morgan fingerprint density at radius 1 is 1.21 bits per heavy atom. The van der Waals surface area contributed by atoms with Crippen molar-refractivity contribution < 1.29 is 14.0 Å². The molecule has 0 N–H and O–H groups in total. The lowest BCUT2D eigenvalue weighted by molar-refractivity contribution is -0.119. The third-order valence-electron chi connectivity index (χ3n) is 3.89. The molecule has 1 aromatic rings. The fourth-order valence-corrected chi connectivity index (χ4v) is 3.18. The van der Waals surface area contributed by atoms with Gasteiger partial charge in [-0.3, -0.25) is 14.6 Å². The van der Waals surface area contributed by atoms with Crippen molar-refractivity contribution in [1.29, 1.82) is 0 Å². The zero-order valence-corrected chi connectivity index (χ0v) is 17.3. The normalized spacial score (nSPS) is 17.6. The number of imide groups is 1. The maximum Gasteiger partial charge on any atom is 0.337 e. The average molecular weight is 448 g/mol. The van der Waals surface area contributed by atoms with Crippen molar-refractivity contribution in [2.75, 3.05) is 25.0 Å². The van der Waals surface area contributed by atoms with Gasteiger partial charge in [0.25, 0.3) is 5.91 Å². The number of halogens is 4. The number of benzene rings is 1. The molecular weight excluding hydrogens is 430 g/mol. The van der Waals surface area contributed by atoms with Crippen LogP contribution in [0.1, 0.15) is 0 Å². The van der Waals surface area contributed by atoms with Crippen LogP contribution in [0.2, 0.25) is 0 Å². The number of para-hydroxylation sites is 1. The van der Waals surface area contributed by atoms with Crippen LogP contribution in [-0.4, -0.2) is 57.7 Å². The number of carbonyl (C=O) groups is 2. The average Bonchev–Trinajstić information content (AvgIpc) is 2.83. The molecule has 10 heteroatoms. The fourth-order valence-electron chi connectivity index (χ4n) is 2.62. The number of carbonyl (C=O) groups excluding carboxylic acids is 2. The summed E-state index contributed by atoms with van der Waals surface area (Å²) in [5.74, 6) is -1.80. The molecule has 1 heterocycles. The molecule has 2 rings (SSSR count). The third-order valence-corrected chi connectivity index (χ3v) is 4.48. The number of amides is 3. The number of aliphatic imine (C=N–C) groups is 1. The molecular formula is C18H18Cl3FN4O2. The minimum atomic E-state index is -1.95. The van der Waals surface area contributed by atoms with Gasteiger partial charge in [0, 0.05) is 20.1 Å². The highest BCUT2D eigenvalue weighted by molar-refractivity contribution is 6.68. The molecule has 1 atom stereocenters. The van der Waals surface area contributed by atoms with E-state index in [1.807, 2.05) is 0 Å². The summed E-state index contributed by atoms with van der Waals surface area (Å²) in [6.07, 6.45) is 1.96. The second-order valence-corrected chi connectivity index (χ2v) is 8.20. The maximum atomic E-state index is 14.3. The van der Waals surface area contributed by atoms with Crippen molar-refractivity contribution in [3.05, 3.63) is 55.4 Å². The Morgan fingerprint density at radius 2 is 1.79 bits per heavy atom. The van der Waals surface area contributed by atoms with Crippen LogP contribution in [-0.2, 0) is 4.79 Å². The van der Waals surface area contributed by atoms with Gasteiger partial charge in [-0.2, -0.15) is 0 Å². The quantitative estimate of drug-likeness (QED) is 0.361. The van der Waals surface area contributed by atoms with Gasteiger partial charge in [0.15, 0.2) is 6.17 Å². The van der Waals surface area contributed by atoms with E-state index >= 15 is 0 Å². The molecule has 150 valence electrons. The highest BCUT2D eigenvalue weighted by Crippen LogP contribution is 2.35. The summed E-state index contributed by atoms with van der Waals surface area (Å²) in [7, 11) is 1.26. The molecule has 0 saturated carbocycles. The smallest absolute Gasteiger partial charge is 0.271 e. The molecule has 0 bridgehead atoms. The van der Waals surface area contributed by atoms with Crippen LogP contribution in [0, 0.1) is 5.82 Å². The van der Waals surface area contributed by atoms with Crippen molar-refractivity contribution in [2.45, 2.75) is 9.96 Å². The van der Waals surface area contributed by atoms with Gasteiger partial charge in [-0.25, -0.2) is 19.1 Å². The van der Waals surface area contributed by atoms with E-state index < -0.39 is 27.7 Å². The van der Waals surface area contributed by atoms with E-state index in [0.29, 0.717) is 0 Å². The number of alkyl halides is 3. The number of hydrogen-bond donors (Lipinski definition) is 0. The first-order valence-corrected chi connectivity index (χ1v) is 9.23. The Labute approximate surface area is 177 Å². The molecule has 1 aliphatic heterocycles. The van der Waals surface area contributed by atoms with Gasteiger partial charge in [-0.05, 0) is 12.1 Å². The molecule has 0 spiro atoms. The van der Waals surface area contributed by atoms with Gasteiger partial charge >= 0.3 is 6.03 Å². The maximum absolute atomic E-state index is 14.3. The second-order valence-electron chi connectivity index (χ2n) is 5.83. The van der Waals surface area contributed by atoms with Gasteiger partial charge < -0.3 is 0 Å². The first-order valence-electron chi connectivity index (χ1n) is 8.10. The summed E-state index contributed by atoms with van der Waals surface area (Å²) in [5.41, 5.74) is -0.133. The highest BCUT2D eigenvalue weighted by atomic mass is 35.6. The van der Waals surface area contributed by atoms with Gasteiger partial charge in [0.05, 0.1) is 5.69 Å². The van der Waals surface area contributed by atoms with Crippen LogP contribution in [0.3, 0.4) is 0 Å². The van der Waals surface area contributed by atoms with Crippen LogP contribution in [0.15, 0.2) is 54.6 Å². The van der Waals surface area contributed by atoms with E-state index in [4.69, 9.17) is 34.8 Å². The Kier molecular flexibility index (Phi) is 7.22. The van der Waals surface area contributed by atoms with Crippen molar-refractivity contribution in [2.24, 2.45) is 4.99 Å². The molecule has 1 unspecified atom stereocenters. The monoisotopic (exact) mass is 446 g/mol. The Hall–Kier alpha value is -1.93. The van der Waals surface area contributed by atoms with Crippen LogP contribution >= 0.6 is 34.8 Å². The second kappa shape index (κ2) is 9.05. The molecule has 0 radical (unpaired) electrons. The molecule has 6 nitrogen and oxygen atoms in total. The fraction of sp³-hybridized carbons (Fsp3) is 0.278. The SMILES string of the molecule is C=CCN(CC=C)C(N=C1C(=O)N(C)C(=O)N1c1ccccc1F)C(Cl)(Cl)Cl. The number of rotatable bonds is 7. The molecule has 3 amide bonds. The first kappa shape index (κ1) is 22.4. The molecule has 0 aromatic heterocycles. The number of urea groups is 1. The van der Waals surface area contributed by atoms with Gasteiger partial charge in [-0.15, -0.1) is 13.2 Å². The number of amidine groups is 1. The van der Waals surface area contributed by atoms with Gasteiger partial charge in [-0.1, -0.05) is 59.1 Å². The van der Waals surface area contributed by atoms with Crippen molar-refractivity contribution in [3.63, 3.8) is 0 Å². The summed E-state index contributed by atoms with van der Waals surface area (Å²) in [6, 6.07) is 4.74. The number of anilines is 1. The van der Waals surface area contributed by atoms with Crippen LogP contribution in [0.5, 0.6) is 0 Å². The van der Waals surface area contributed by atoms with Crippen LogP contribution in [0.25, 0.3) is 0 Å². The van der Waals surface area contributed by atoms with Crippen molar-refractivity contribution in [1.82, 2.24) is 9.80 Å². The predicted octanol–water partition coefficient (Wildman–Crippen LogP) is 3.99. The third kappa shape index (κ3) is 4.55. The molecule has 1 aromatic carbocycles. The Bertz CT molecular complexity index is 815. The Morgan fingerprint density at radius 3 is 2.29 bits per heavy atom. The van der Waals surface area contributed by atoms with E-state index in [1.165, 1.54) is 25.2 Å². The number of likely N-dealkylation sites (N-methyl/N-ethyl adjacent to an activating group) is 1. The molecule has 0 aliphatic carbocycles. The lowest BCUT2D eigenvalue weighted by Crippen LogP contribution is -2.45. The zero-order valence-electron chi connectivity index (χ0n) is 15.0. The minimum Gasteiger partial charge on any atom is -0.271 e. The molecule has 1 fully saturated rings. The van der Waals surface area contributed by atoms with E-state index in [2.05, 4.69) is 18.2 Å². The van der Waals surface area contributed by atoms with Crippen LogP contribution in [0.4, 0.5) is 14.9 Å². The summed E-state index contributed by atoms with van der Waals surface area (Å²) < 4.78 is 12.4. The van der Waals surface area contributed by atoms with E-state index in [-0.39, 0.29) is 24.6 Å². The van der Waals surface area contributed by atoms with Gasteiger partial charge in [0.1, 0.15) is 5.82 Å². The number of nitrogens with zero attached hydrogens (tertiary/aromatic N) is 4. The predicted molar refractivity (Wildman–Crippen MR) is 111 cm³/mol.